The number of hydrogen-bond donors (Lipinski definition) is 1. The molecule has 1 aromatic heterocycles. The van der Waals surface area contributed by atoms with E-state index in [1.807, 2.05) is 6.92 Å². The summed E-state index contributed by atoms with van der Waals surface area (Å²) in [6, 6.07) is 0. The Balaban J connectivity index is 1.49. The number of nitrogens with two attached hydrogens (primary N) is 1. The normalized spacial score (nSPS) is 21.2. The molecule has 2 N–H and O–H groups in total. The van der Waals surface area contributed by atoms with E-state index in [1.165, 1.54) is 24.1 Å². The largest absolute Gasteiger partial charge is 0.375 e. The number of carbonyl (C=O) groups is 1. The van der Waals surface area contributed by atoms with E-state index < -0.39 is 0 Å². The van der Waals surface area contributed by atoms with E-state index in [2.05, 4.69) is 14.8 Å². The average Bonchev–Trinajstić information content (AvgIpc) is 2.86. The van der Waals surface area contributed by atoms with E-state index >= 15 is 0 Å². The molecule has 0 aromatic carbocycles. The Morgan fingerprint density at radius 3 is 2.50 bits per heavy atom. The maximum absolute atomic E-state index is 12.6. The van der Waals surface area contributed by atoms with Crippen LogP contribution < -0.4 is 5.73 Å². The lowest BCUT2D eigenvalue weighted by atomic mass is 9.88. The lowest BCUT2D eigenvalue weighted by Gasteiger charge is -2.37. The summed E-state index contributed by atoms with van der Waals surface area (Å²) in [7, 11) is 0. The lowest BCUT2D eigenvalue weighted by molar-refractivity contribution is -0.138. The zero-order valence-electron chi connectivity index (χ0n) is 13.4. The summed E-state index contributed by atoms with van der Waals surface area (Å²) in [6.45, 7) is 6.56. The first kappa shape index (κ1) is 15.7. The number of aryl methyl sites for hydroxylation is 1. The standard InChI is InChI=1S/C16H26N4OS/c1-12-14(22-16(17)18-12)11-19-7-9-20(10-8-19)15(21)13-5-3-2-4-6-13/h13H,2-11H2,1H3,(H2,17,18). The number of aromatic nitrogens is 1. The van der Waals surface area contributed by atoms with Gasteiger partial charge in [-0.1, -0.05) is 19.3 Å². The summed E-state index contributed by atoms with van der Waals surface area (Å²) in [5, 5.41) is 0.651. The maximum Gasteiger partial charge on any atom is 0.225 e. The molecule has 0 spiro atoms. The average molecular weight is 322 g/mol. The van der Waals surface area contributed by atoms with Gasteiger partial charge in [0.2, 0.25) is 5.91 Å². The minimum absolute atomic E-state index is 0.295. The third-order valence-electron chi connectivity index (χ3n) is 4.91. The van der Waals surface area contributed by atoms with Gasteiger partial charge in [-0.3, -0.25) is 9.69 Å². The van der Waals surface area contributed by atoms with Gasteiger partial charge in [0.25, 0.3) is 0 Å². The van der Waals surface area contributed by atoms with Crippen molar-refractivity contribution in [1.82, 2.24) is 14.8 Å². The number of nitrogen functional groups attached to an aromatic ring is 1. The fraction of sp³-hybridized carbons (Fsp3) is 0.750. The molecule has 0 radical (unpaired) electrons. The Bertz CT molecular complexity index is 516. The Morgan fingerprint density at radius 2 is 1.91 bits per heavy atom. The van der Waals surface area contributed by atoms with Gasteiger partial charge in [-0.15, -0.1) is 11.3 Å². The van der Waals surface area contributed by atoms with Crippen LogP contribution in [0, 0.1) is 12.8 Å². The molecule has 1 saturated carbocycles. The van der Waals surface area contributed by atoms with Gasteiger partial charge in [0.15, 0.2) is 5.13 Å². The second-order valence-electron chi connectivity index (χ2n) is 6.50. The molecule has 6 heteroatoms. The van der Waals surface area contributed by atoms with Gasteiger partial charge in [-0.05, 0) is 19.8 Å². The molecule has 2 heterocycles. The number of hydrogen-bond acceptors (Lipinski definition) is 5. The molecule has 1 aliphatic carbocycles. The van der Waals surface area contributed by atoms with Crippen molar-refractivity contribution in [2.24, 2.45) is 5.92 Å². The zero-order valence-corrected chi connectivity index (χ0v) is 14.2. The Hall–Kier alpha value is -1.14. The van der Waals surface area contributed by atoms with Crippen molar-refractivity contribution in [1.29, 1.82) is 0 Å². The summed E-state index contributed by atoms with van der Waals surface area (Å²) in [5.41, 5.74) is 6.81. The quantitative estimate of drug-likeness (QED) is 0.927. The first-order valence-electron chi connectivity index (χ1n) is 8.36. The molecule has 2 fully saturated rings. The van der Waals surface area contributed by atoms with Crippen LogP contribution in [0.5, 0.6) is 0 Å². The second-order valence-corrected chi connectivity index (χ2v) is 7.61. The van der Waals surface area contributed by atoms with Crippen LogP contribution in [0.15, 0.2) is 0 Å². The molecule has 22 heavy (non-hydrogen) atoms. The van der Waals surface area contributed by atoms with E-state index in [1.54, 1.807) is 11.3 Å². The van der Waals surface area contributed by atoms with Crippen molar-refractivity contribution in [2.45, 2.75) is 45.6 Å². The molecule has 1 amide bonds. The minimum atomic E-state index is 0.295. The third kappa shape index (κ3) is 3.60. The van der Waals surface area contributed by atoms with Crippen LogP contribution in [0.4, 0.5) is 5.13 Å². The van der Waals surface area contributed by atoms with Gasteiger partial charge < -0.3 is 10.6 Å². The molecule has 1 saturated heterocycles. The second kappa shape index (κ2) is 6.96. The van der Waals surface area contributed by atoms with Crippen LogP contribution in [0.2, 0.25) is 0 Å². The molecular formula is C16H26N4OS. The molecule has 0 unspecified atom stereocenters. The topological polar surface area (TPSA) is 62.5 Å². The van der Waals surface area contributed by atoms with E-state index in [0.717, 1.165) is 51.3 Å². The first-order valence-corrected chi connectivity index (χ1v) is 9.18. The third-order valence-corrected chi connectivity index (χ3v) is 5.89. The van der Waals surface area contributed by atoms with Crippen molar-refractivity contribution in [3.05, 3.63) is 10.6 Å². The number of thiazole rings is 1. The van der Waals surface area contributed by atoms with Gasteiger partial charge in [-0.25, -0.2) is 4.98 Å². The van der Waals surface area contributed by atoms with Crippen LogP contribution in [0.25, 0.3) is 0 Å². The highest BCUT2D eigenvalue weighted by Gasteiger charge is 2.28. The Kier molecular flexibility index (Phi) is 4.98. The number of amides is 1. The van der Waals surface area contributed by atoms with E-state index in [9.17, 15) is 4.79 Å². The van der Waals surface area contributed by atoms with E-state index in [4.69, 9.17) is 5.73 Å². The number of nitrogens with zero attached hydrogens (tertiary/aromatic N) is 3. The van der Waals surface area contributed by atoms with Crippen molar-refractivity contribution in [2.75, 3.05) is 31.9 Å². The van der Waals surface area contributed by atoms with Crippen molar-refractivity contribution >= 4 is 22.4 Å². The van der Waals surface area contributed by atoms with Crippen molar-refractivity contribution in [3.8, 4) is 0 Å². The number of anilines is 1. The van der Waals surface area contributed by atoms with Crippen LogP contribution in [0.3, 0.4) is 0 Å². The van der Waals surface area contributed by atoms with Gasteiger partial charge >= 0.3 is 0 Å². The summed E-state index contributed by atoms with van der Waals surface area (Å²) in [6.07, 6.45) is 5.94. The highest BCUT2D eigenvalue weighted by molar-refractivity contribution is 7.15. The van der Waals surface area contributed by atoms with Crippen LogP contribution in [-0.4, -0.2) is 46.9 Å². The highest BCUT2D eigenvalue weighted by atomic mass is 32.1. The predicted molar refractivity (Wildman–Crippen MR) is 89.7 cm³/mol. The first-order chi connectivity index (χ1) is 10.6. The summed E-state index contributed by atoms with van der Waals surface area (Å²) in [5.74, 6) is 0.696. The van der Waals surface area contributed by atoms with E-state index in [-0.39, 0.29) is 0 Å². The SMILES string of the molecule is Cc1nc(N)sc1CN1CCN(C(=O)C2CCCCC2)CC1. The molecule has 3 rings (SSSR count). The maximum atomic E-state index is 12.6. The summed E-state index contributed by atoms with van der Waals surface area (Å²) < 4.78 is 0. The zero-order chi connectivity index (χ0) is 15.5. The fourth-order valence-corrected chi connectivity index (χ4v) is 4.41. The monoisotopic (exact) mass is 322 g/mol. The molecule has 122 valence electrons. The van der Waals surface area contributed by atoms with Gasteiger partial charge in [-0.2, -0.15) is 0 Å². The molecular weight excluding hydrogens is 296 g/mol. The molecule has 2 aliphatic rings. The Morgan fingerprint density at radius 1 is 1.23 bits per heavy atom. The van der Waals surface area contributed by atoms with Crippen LogP contribution >= 0.6 is 11.3 Å². The predicted octanol–water partition coefficient (Wildman–Crippen LogP) is 2.26. The smallest absolute Gasteiger partial charge is 0.225 e. The summed E-state index contributed by atoms with van der Waals surface area (Å²) >= 11 is 1.58. The van der Waals surface area contributed by atoms with Gasteiger partial charge in [0.1, 0.15) is 0 Å². The Labute approximate surface area is 136 Å². The molecule has 5 nitrogen and oxygen atoms in total. The van der Waals surface area contributed by atoms with Gasteiger partial charge in [0, 0.05) is 43.5 Å². The fourth-order valence-electron chi connectivity index (χ4n) is 3.53. The minimum Gasteiger partial charge on any atom is -0.375 e. The number of piperazine rings is 1. The molecule has 1 aromatic rings. The van der Waals surface area contributed by atoms with Crippen LogP contribution in [-0.2, 0) is 11.3 Å². The van der Waals surface area contributed by atoms with Crippen molar-refractivity contribution in [3.63, 3.8) is 0 Å². The van der Waals surface area contributed by atoms with Crippen molar-refractivity contribution < 1.29 is 4.79 Å². The van der Waals surface area contributed by atoms with Crippen LogP contribution in [0.1, 0.15) is 42.7 Å². The molecule has 0 bridgehead atoms. The number of carbonyl (C=O) groups excluding carboxylic acids is 1. The van der Waals surface area contributed by atoms with Gasteiger partial charge in [0.05, 0.1) is 5.69 Å². The van der Waals surface area contributed by atoms with E-state index in [0.29, 0.717) is 17.0 Å². The molecule has 0 atom stereocenters. The molecule has 1 aliphatic heterocycles. The highest BCUT2D eigenvalue weighted by Crippen LogP contribution is 2.26. The number of rotatable bonds is 3. The summed E-state index contributed by atoms with van der Waals surface area (Å²) in [4.78, 5) is 22.6. The lowest BCUT2D eigenvalue weighted by Crippen LogP contribution is -2.50.